The fourth-order valence-corrected chi connectivity index (χ4v) is 11.4. The van der Waals surface area contributed by atoms with Crippen LogP contribution in [0.25, 0.3) is 32.7 Å². The zero-order valence-electron chi connectivity index (χ0n) is 51.3. The van der Waals surface area contributed by atoms with E-state index in [2.05, 4.69) is 99.3 Å². The van der Waals surface area contributed by atoms with E-state index in [4.69, 9.17) is 44.3 Å². The highest BCUT2D eigenvalue weighted by atomic mass is 79.9. The van der Waals surface area contributed by atoms with Crippen LogP contribution in [-0.4, -0.2) is 149 Å². The smallest absolute Gasteiger partial charge is 0.271 e. The maximum atomic E-state index is 10.9. The Morgan fingerprint density at radius 3 is 1.26 bits per heavy atom. The number of morpholine rings is 3. The molecule has 492 valence electrons. The Morgan fingerprint density at radius 1 is 0.500 bits per heavy atom. The molecule has 0 unspecified atom stereocenters. The molecule has 0 saturated carbocycles. The Morgan fingerprint density at radius 2 is 0.880 bits per heavy atom. The molecule has 3 aliphatic heterocycles. The fourth-order valence-electron chi connectivity index (χ4n) is 10.7. The van der Waals surface area contributed by atoms with Crippen molar-refractivity contribution in [3.63, 3.8) is 0 Å². The molecule has 0 atom stereocenters. The van der Waals surface area contributed by atoms with E-state index < -0.39 is 0 Å². The number of nitrogens with zero attached hydrogens (tertiary/aromatic N) is 9. The molecule has 4 aromatic carbocycles. The van der Waals surface area contributed by atoms with Gasteiger partial charge in [0.1, 0.15) is 30.5 Å². The summed E-state index contributed by atoms with van der Waals surface area (Å²) in [5, 5.41) is 22.7. The van der Waals surface area contributed by atoms with Crippen molar-refractivity contribution < 1.29 is 32.4 Å². The summed E-state index contributed by atoms with van der Waals surface area (Å²) in [6.07, 6.45) is 19.2. The zero-order chi connectivity index (χ0) is 60.7. The van der Waals surface area contributed by atoms with Crippen LogP contribution >= 0.6 is 66.0 Å². The molecule has 3 aliphatic rings. The number of aliphatic imine (C=N–C) groups is 2. The summed E-state index contributed by atoms with van der Waals surface area (Å²) in [6.45, 7) is 17.3. The van der Waals surface area contributed by atoms with Crippen LogP contribution in [0.4, 0.5) is 17.1 Å². The molecule has 25 heteroatoms. The van der Waals surface area contributed by atoms with E-state index >= 15 is 0 Å². The molecule has 0 aliphatic carbocycles. The van der Waals surface area contributed by atoms with Crippen LogP contribution in [-0.2, 0) is 39.6 Å². The van der Waals surface area contributed by atoms with Gasteiger partial charge in [0.15, 0.2) is 0 Å². The summed E-state index contributed by atoms with van der Waals surface area (Å²) in [6, 6.07) is 39.3. The largest absolute Gasteiger partial charge is 0.472 e. The molecular formula is C67H82BrCl3N12O8S. The zero-order valence-corrected chi connectivity index (χ0v) is 56.3. The normalized spacial score (nSPS) is 14.7. The van der Waals surface area contributed by atoms with Gasteiger partial charge in [-0.25, -0.2) is 9.98 Å². The molecule has 0 radical (unpaired) electrons. The van der Waals surface area contributed by atoms with Gasteiger partial charge in [0.05, 0.1) is 107 Å². The number of benzene rings is 4. The van der Waals surface area contributed by atoms with Gasteiger partial charge in [0.2, 0.25) is 0 Å². The number of aromatic nitrogens is 3. The molecule has 5 N–H and O–H groups in total. The lowest BCUT2D eigenvalue weighted by molar-refractivity contribution is -0.384. The molecule has 0 bridgehead atoms. The van der Waals surface area contributed by atoms with Gasteiger partial charge >= 0.3 is 0 Å². The number of rotatable bonds is 20. The lowest BCUT2D eigenvalue weighted by atomic mass is 10.2. The Balaban J connectivity index is 0.000000195. The summed E-state index contributed by atoms with van der Waals surface area (Å²) in [5.74, 6) is 1.75. The monoisotopic (exact) mass is 1400 g/mol. The first kappa shape index (κ1) is 73.9. The maximum Gasteiger partial charge on any atom is 0.271 e. The van der Waals surface area contributed by atoms with Gasteiger partial charge in [0, 0.05) is 126 Å². The van der Waals surface area contributed by atoms with E-state index in [1.54, 1.807) is 55.8 Å². The van der Waals surface area contributed by atoms with Gasteiger partial charge in [-0.05, 0) is 102 Å². The van der Waals surface area contributed by atoms with Crippen molar-refractivity contribution in [2.75, 3.05) is 98.5 Å². The minimum atomic E-state index is -0.343. The third kappa shape index (κ3) is 22.0. The first-order valence-electron chi connectivity index (χ1n) is 30.0. The summed E-state index contributed by atoms with van der Waals surface area (Å²) in [4.78, 5) is 26.9. The highest BCUT2D eigenvalue weighted by molar-refractivity contribution is 8.93. The van der Waals surface area contributed by atoms with E-state index in [0.717, 1.165) is 182 Å². The lowest BCUT2D eigenvalue weighted by Crippen LogP contribution is -2.37. The number of aryl methyl sites for hydroxylation is 3. The number of hydrogen-bond donors (Lipinski definition) is 3. The van der Waals surface area contributed by atoms with Crippen molar-refractivity contribution in [1.29, 1.82) is 5.41 Å². The molecule has 3 saturated heterocycles. The Kier molecular flexibility index (Phi) is 31.1. The van der Waals surface area contributed by atoms with Crippen LogP contribution in [0.1, 0.15) is 41.5 Å². The Hall–Kier alpha value is -7.19. The Bertz CT molecular complexity index is 3660. The van der Waals surface area contributed by atoms with Gasteiger partial charge in [-0.1, -0.05) is 42.5 Å². The SMILES string of the molecule is Br.Cl.Cl.Cl.N=C(SCc1ccccc1)c1ccoc1.NC(=Nc1ccc2ccn(CCCN3CCOCC3)c2c1)c1ccoc1.NC(=Nc1ccc2ccn(CCCN3CCOCC3)c2c1)c1ccoc1.O=[N+]([O-])c1ccc2ccn(CCCN3CCOCC3)c2c1. The molecule has 20 nitrogen and oxygen atoms in total. The highest BCUT2D eigenvalue weighted by Crippen LogP contribution is 2.27. The number of halogens is 4. The van der Waals surface area contributed by atoms with Crippen molar-refractivity contribution in [2.45, 2.75) is 44.6 Å². The number of ether oxygens (including phenoxy) is 3. The molecule has 0 amide bonds. The van der Waals surface area contributed by atoms with Crippen molar-refractivity contribution in [2.24, 2.45) is 21.5 Å². The number of nitrogens with one attached hydrogen (secondary N) is 1. The average Bonchev–Trinajstić information content (AvgIpc) is 1.73. The van der Waals surface area contributed by atoms with Crippen LogP contribution < -0.4 is 11.5 Å². The lowest BCUT2D eigenvalue weighted by Gasteiger charge is -2.26. The van der Waals surface area contributed by atoms with Crippen LogP contribution in [0.15, 0.2) is 201 Å². The molecule has 0 spiro atoms. The van der Waals surface area contributed by atoms with Crippen molar-refractivity contribution in [3.05, 3.63) is 210 Å². The quantitative estimate of drug-likeness (QED) is 0.0279. The number of furan rings is 3. The van der Waals surface area contributed by atoms with Gasteiger partial charge < -0.3 is 52.6 Å². The molecular weight excluding hydrogens is 1320 g/mol. The number of fused-ring (bicyclic) bond motifs is 3. The first-order chi connectivity index (χ1) is 43.2. The molecule has 13 rings (SSSR count). The topological polar surface area (TPSA) is 235 Å². The fraction of sp³-hybridized carbons (Fsp3) is 0.328. The van der Waals surface area contributed by atoms with Crippen molar-refractivity contribution in [3.8, 4) is 0 Å². The van der Waals surface area contributed by atoms with E-state index in [-0.39, 0.29) is 64.8 Å². The van der Waals surface area contributed by atoms with Crippen molar-refractivity contribution >= 4 is 132 Å². The molecule has 6 aromatic heterocycles. The molecule has 9 heterocycles. The molecule has 3 fully saturated rings. The molecule has 10 aromatic rings. The van der Waals surface area contributed by atoms with E-state index in [1.807, 2.05) is 60.8 Å². The van der Waals surface area contributed by atoms with Crippen LogP contribution in [0, 0.1) is 15.5 Å². The highest BCUT2D eigenvalue weighted by Gasteiger charge is 2.15. The second-order valence-electron chi connectivity index (χ2n) is 21.6. The third-order valence-electron chi connectivity index (χ3n) is 15.6. The van der Waals surface area contributed by atoms with Crippen LogP contribution in [0.3, 0.4) is 0 Å². The first-order valence-corrected chi connectivity index (χ1v) is 31.0. The maximum absolute atomic E-state index is 10.9. The van der Waals surface area contributed by atoms with E-state index in [9.17, 15) is 10.1 Å². The average molecular weight is 1400 g/mol. The Labute approximate surface area is 569 Å². The minimum absolute atomic E-state index is 0. The van der Waals surface area contributed by atoms with Crippen LogP contribution in [0.5, 0.6) is 0 Å². The number of hydrogen-bond acceptors (Lipinski definition) is 15. The number of nitro groups is 1. The van der Waals surface area contributed by atoms with E-state index in [0.29, 0.717) is 16.7 Å². The molecule has 92 heavy (non-hydrogen) atoms. The van der Waals surface area contributed by atoms with Crippen molar-refractivity contribution in [1.82, 2.24) is 28.4 Å². The standard InChI is InChI=1S/2C20H24N4O2.C15H19N3O3.C12H11NOS.BrH.3ClH/c2*21-20(17-5-11-26-15-17)22-18-3-2-16-4-8-24(19(16)14-18)7-1-6-23-9-12-25-13-10-23;19-18(20)14-3-2-13-4-7-17(15(13)12-14)6-1-5-16-8-10-21-11-9-16;13-12(11-6-7-14-8-11)15-9-10-4-2-1-3-5-10;;;;/h2*2-5,8,11,14-15H,1,6-7,9-10,12-13H2,(H2,21,22);2-4,7,12H,1,5-6,8-11H2;1-8,13H,9H2;4*1H. The summed E-state index contributed by atoms with van der Waals surface area (Å²) in [7, 11) is 0. The van der Waals surface area contributed by atoms with Gasteiger partial charge in [-0.2, -0.15) is 0 Å². The third-order valence-corrected chi connectivity index (χ3v) is 16.6. The second-order valence-corrected chi connectivity index (χ2v) is 22.6. The predicted molar refractivity (Wildman–Crippen MR) is 382 cm³/mol. The van der Waals surface area contributed by atoms with Gasteiger partial charge in [-0.3, -0.25) is 30.2 Å². The number of amidine groups is 2. The second kappa shape index (κ2) is 38.7. The number of thioether (sulfide) groups is 1. The van der Waals surface area contributed by atoms with E-state index in [1.165, 1.54) is 39.1 Å². The van der Waals surface area contributed by atoms with Crippen LogP contribution in [0.2, 0.25) is 0 Å². The minimum Gasteiger partial charge on any atom is -0.472 e. The van der Waals surface area contributed by atoms with Gasteiger partial charge in [0.25, 0.3) is 5.69 Å². The number of non-ortho nitro benzene ring substituents is 1. The van der Waals surface area contributed by atoms with Gasteiger partial charge in [-0.15, -0.1) is 66.0 Å². The predicted octanol–water partition coefficient (Wildman–Crippen LogP) is 13.6. The summed E-state index contributed by atoms with van der Waals surface area (Å²) >= 11 is 1.51. The summed E-state index contributed by atoms with van der Waals surface area (Å²) in [5.41, 5.74) is 21.0. The number of nitro benzene ring substituents is 1. The summed E-state index contributed by atoms with van der Waals surface area (Å²) < 4.78 is 37.9. The number of nitrogens with two attached hydrogens (primary N) is 2.